The molecule has 0 spiro atoms. The first-order valence-corrected chi connectivity index (χ1v) is 7.42. The summed E-state index contributed by atoms with van der Waals surface area (Å²) in [5.74, 6) is 0.907. The summed E-state index contributed by atoms with van der Waals surface area (Å²) >= 11 is 0. The highest BCUT2D eigenvalue weighted by atomic mass is 16.5. The maximum Gasteiger partial charge on any atom is 0.262 e. The number of H-pyrrole nitrogens is 1. The SMILES string of the molecule is COc1ccc(CCNC(=O)/C(C#N)=C\c2ccc[nH]2)cc1OC. The van der Waals surface area contributed by atoms with Gasteiger partial charge in [-0.1, -0.05) is 6.07 Å². The summed E-state index contributed by atoms with van der Waals surface area (Å²) in [5, 5.41) is 11.9. The Morgan fingerprint density at radius 2 is 2.08 bits per heavy atom. The fraction of sp³-hybridized carbons (Fsp3) is 0.222. The van der Waals surface area contributed by atoms with Crippen molar-refractivity contribution < 1.29 is 14.3 Å². The molecule has 1 heterocycles. The van der Waals surface area contributed by atoms with E-state index in [4.69, 9.17) is 14.7 Å². The minimum absolute atomic E-state index is 0.0600. The number of hydrogen-bond donors (Lipinski definition) is 2. The molecular formula is C18H19N3O3. The average molecular weight is 325 g/mol. The number of aromatic amines is 1. The summed E-state index contributed by atoms with van der Waals surface area (Å²) in [6.45, 7) is 0.415. The van der Waals surface area contributed by atoms with Gasteiger partial charge in [-0.2, -0.15) is 5.26 Å². The molecule has 0 saturated heterocycles. The molecule has 1 aromatic carbocycles. The van der Waals surface area contributed by atoms with Crippen LogP contribution >= 0.6 is 0 Å². The van der Waals surface area contributed by atoms with Gasteiger partial charge in [0.05, 0.1) is 14.2 Å². The first-order valence-electron chi connectivity index (χ1n) is 7.42. The quantitative estimate of drug-likeness (QED) is 0.604. The smallest absolute Gasteiger partial charge is 0.262 e. The van der Waals surface area contributed by atoms with Crippen molar-refractivity contribution in [2.75, 3.05) is 20.8 Å². The van der Waals surface area contributed by atoms with Crippen LogP contribution in [0.2, 0.25) is 0 Å². The van der Waals surface area contributed by atoms with Crippen molar-refractivity contribution in [2.45, 2.75) is 6.42 Å². The molecule has 0 unspecified atom stereocenters. The van der Waals surface area contributed by atoms with Crippen LogP contribution in [0.15, 0.2) is 42.1 Å². The lowest BCUT2D eigenvalue weighted by molar-refractivity contribution is -0.117. The zero-order chi connectivity index (χ0) is 17.4. The number of aromatic nitrogens is 1. The van der Waals surface area contributed by atoms with Crippen LogP contribution in [0.1, 0.15) is 11.3 Å². The summed E-state index contributed by atoms with van der Waals surface area (Å²) in [5.41, 5.74) is 1.77. The molecule has 0 fully saturated rings. The summed E-state index contributed by atoms with van der Waals surface area (Å²) in [7, 11) is 3.16. The van der Waals surface area contributed by atoms with E-state index in [9.17, 15) is 4.79 Å². The Labute approximate surface area is 140 Å². The number of benzene rings is 1. The molecule has 2 aromatic rings. The van der Waals surface area contributed by atoms with Crippen molar-refractivity contribution in [3.05, 3.63) is 53.4 Å². The average Bonchev–Trinajstić information content (AvgIpc) is 3.12. The van der Waals surface area contributed by atoms with E-state index in [1.165, 1.54) is 6.08 Å². The zero-order valence-corrected chi connectivity index (χ0v) is 13.6. The Bertz CT molecular complexity index is 758. The number of rotatable bonds is 7. The van der Waals surface area contributed by atoms with Crippen LogP contribution in [0, 0.1) is 11.3 Å². The molecule has 0 aliphatic rings. The van der Waals surface area contributed by atoms with Crippen molar-refractivity contribution >= 4 is 12.0 Å². The third-order valence-electron chi connectivity index (χ3n) is 3.43. The topological polar surface area (TPSA) is 87.1 Å². The second-order valence-corrected chi connectivity index (χ2v) is 4.99. The Kier molecular flexibility index (Phi) is 6.03. The Morgan fingerprint density at radius 3 is 2.71 bits per heavy atom. The number of methoxy groups -OCH3 is 2. The van der Waals surface area contributed by atoms with Gasteiger partial charge in [-0.15, -0.1) is 0 Å². The van der Waals surface area contributed by atoms with Crippen LogP contribution in [-0.2, 0) is 11.2 Å². The van der Waals surface area contributed by atoms with Gasteiger partial charge >= 0.3 is 0 Å². The van der Waals surface area contributed by atoms with E-state index in [1.807, 2.05) is 24.3 Å². The minimum atomic E-state index is -0.396. The standard InChI is InChI=1S/C18H19N3O3/c1-23-16-6-5-13(10-17(16)24-2)7-9-21-18(22)14(12-19)11-15-4-3-8-20-15/h3-6,8,10-11,20H,7,9H2,1-2H3,(H,21,22)/b14-11-. The third kappa shape index (κ3) is 4.40. The molecule has 0 bridgehead atoms. The van der Waals surface area contributed by atoms with Gasteiger partial charge in [0.25, 0.3) is 5.91 Å². The highest BCUT2D eigenvalue weighted by Gasteiger charge is 2.09. The third-order valence-corrected chi connectivity index (χ3v) is 3.43. The molecule has 1 aromatic heterocycles. The molecule has 24 heavy (non-hydrogen) atoms. The number of ether oxygens (including phenoxy) is 2. The van der Waals surface area contributed by atoms with E-state index < -0.39 is 5.91 Å². The molecule has 0 atom stereocenters. The lowest BCUT2D eigenvalue weighted by Gasteiger charge is -2.10. The molecule has 0 radical (unpaired) electrons. The van der Waals surface area contributed by atoms with Gasteiger partial charge in [0, 0.05) is 18.4 Å². The van der Waals surface area contributed by atoms with Crippen molar-refractivity contribution in [2.24, 2.45) is 0 Å². The van der Waals surface area contributed by atoms with Crippen molar-refractivity contribution in [3.63, 3.8) is 0 Å². The predicted octanol–water partition coefficient (Wildman–Crippen LogP) is 2.30. The first-order chi connectivity index (χ1) is 11.7. The number of nitrogens with zero attached hydrogens (tertiary/aromatic N) is 1. The van der Waals surface area contributed by atoms with E-state index in [0.29, 0.717) is 30.2 Å². The molecule has 0 aliphatic heterocycles. The molecule has 2 rings (SSSR count). The van der Waals surface area contributed by atoms with Gasteiger partial charge in [0.15, 0.2) is 11.5 Å². The van der Waals surface area contributed by atoms with Crippen LogP contribution < -0.4 is 14.8 Å². The number of hydrogen-bond acceptors (Lipinski definition) is 4. The second-order valence-electron chi connectivity index (χ2n) is 4.99. The van der Waals surface area contributed by atoms with Crippen molar-refractivity contribution in [1.29, 1.82) is 5.26 Å². The van der Waals surface area contributed by atoms with Crippen molar-refractivity contribution in [1.82, 2.24) is 10.3 Å². The monoisotopic (exact) mass is 325 g/mol. The highest BCUT2D eigenvalue weighted by molar-refractivity contribution is 6.01. The number of carbonyl (C=O) groups is 1. The number of nitrogens with one attached hydrogen (secondary N) is 2. The lowest BCUT2D eigenvalue weighted by Crippen LogP contribution is -2.26. The highest BCUT2D eigenvalue weighted by Crippen LogP contribution is 2.27. The van der Waals surface area contributed by atoms with Gasteiger partial charge < -0.3 is 19.8 Å². The zero-order valence-electron chi connectivity index (χ0n) is 13.6. The number of carbonyl (C=O) groups excluding carboxylic acids is 1. The van der Waals surface area contributed by atoms with Gasteiger partial charge in [-0.3, -0.25) is 4.79 Å². The molecule has 0 aliphatic carbocycles. The maximum atomic E-state index is 12.1. The molecular weight excluding hydrogens is 306 g/mol. The Balaban J connectivity index is 1.94. The second kappa shape index (κ2) is 8.44. The Morgan fingerprint density at radius 1 is 1.29 bits per heavy atom. The molecule has 1 amide bonds. The van der Waals surface area contributed by atoms with E-state index in [-0.39, 0.29) is 5.57 Å². The van der Waals surface area contributed by atoms with Crippen LogP contribution in [0.5, 0.6) is 11.5 Å². The largest absolute Gasteiger partial charge is 0.493 e. The van der Waals surface area contributed by atoms with Crippen LogP contribution in [0.3, 0.4) is 0 Å². The van der Waals surface area contributed by atoms with E-state index in [0.717, 1.165) is 5.56 Å². The van der Waals surface area contributed by atoms with E-state index in [2.05, 4.69) is 10.3 Å². The van der Waals surface area contributed by atoms with Gasteiger partial charge in [-0.05, 0) is 42.3 Å². The summed E-state index contributed by atoms with van der Waals surface area (Å²) < 4.78 is 10.4. The van der Waals surface area contributed by atoms with Crippen molar-refractivity contribution in [3.8, 4) is 17.6 Å². The predicted molar refractivity (Wildman–Crippen MR) is 90.6 cm³/mol. The van der Waals surface area contributed by atoms with E-state index in [1.54, 1.807) is 32.5 Å². The first kappa shape index (κ1) is 17.2. The normalized spacial score (nSPS) is 10.8. The molecule has 2 N–H and O–H groups in total. The van der Waals surface area contributed by atoms with Gasteiger partial charge in [0.1, 0.15) is 11.6 Å². The van der Waals surface area contributed by atoms with Crippen LogP contribution in [-0.4, -0.2) is 31.7 Å². The summed E-state index contributed by atoms with van der Waals surface area (Å²) in [6, 6.07) is 11.1. The fourth-order valence-electron chi connectivity index (χ4n) is 2.19. The molecule has 6 nitrogen and oxygen atoms in total. The molecule has 0 saturated carbocycles. The number of nitriles is 1. The molecule has 124 valence electrons. The molecule has 6 heteroatoms. The lowest BCUT2D eigenvalue weighted by atomic mass is 10.1. The Hall–Kier alpha value is -3.20. The van der Waals surface area contributed by atoms with Crippen LogP contribution in [0.25, 0.3) is 6.08 Å². The van der Waals surface area contributed by atoms with E-state index >= 15 is 0 Å². The fourth-order valence-corrected chi connectivity index (χ4v) is 2.19. The van der Waals surface area contributed by atoms with Crippen LogP contribution in [0.4, 0.5) is 0 Å². The number of amides is 1. The maximum absolute atomic E-state index is 12.1. The summed E-state index contributed by atoms with van der Waals surface area (Å²) in [6.07, 6.45) is 3.87. The summed E-state index contributed by atoms with van der Waals surface area (Å²) in [4.78, 5) is 15.0. The van der Waals surface area contributed by atoms with Gasteiger partial charge in [-0.25, -0.2) is 0 Å². The van der Waals surface area contributed by atoms with Gasteiger partial charge in [0.2, 0.25) is 0 Å². The minimum Gasteiger partial charge on any atom is -0.493 e.